The van der Waals surface area contributed by atoms with Crippen LogP contribution in [-0.4, -0.2) is 49.5 Å². The van der Waals surface area contributed by atoms with Gasteiger partial charge in [0.05, 0.1) is 23.4 Å². The second kappa shape index (κ2) is 9.83. The number of fused-ring (bicyclic) bond motifs is 2. The van der Waals surface area contributed by atoms with Crippen molar-refractivity contribution < 1.29 is 22.7 Å². The monoisotopic (exact) mass is 497 g/mol. The summed E-state index contributed by atoms with van der Waals surface area (Å²) in [5, 5.41) is 0. The van der Waals surface area contributed by atoms with E-state index in [-0.39, 0.29) is 6.54 Å². The zero-order valence-corrected chi connectivity index (χ0v) is 20.2. The molecule has 0 unspecified atom stereocenters. The van der Waals surface area contributed by atoms with Gasteiger partial charge >= 0.3 is 0 Å². The number of thiazole rings is 1. The summed E-state index contributed by atoms with van der Waals surface area (Å²) < 4.78 is 33.3. The fraction of sp³-hybridized carbons (Fsp3) is 0.292. The molecule has 10 heteroatoms. The zero-order valence-electron chi connectivity index (χ0n) is 18.6. The molecule has 3 aromatic rings. The molecule has 0 saturated carbocycles. The fourth-order valence-electron chi connectivity index (χ4n) is 3.88. The van der Waals surface area contributed by atoms with E-state index in [9.17, 15) is 18.0 Å². The number of ether oxygens (including phenoxy) is 1. The minimum atomic E-state index is -4.01. The van der Waals surface area contributed by atoms with Crippen molar-refractivity contribution in [3.05, 3.63) is 52.8 Å². The fourth-order valence-corrected chi connectivity index (χ4v) is 6.03. The van der Waals surface area contributed by atoms with E-state index in [1.165, 1.54) is 16.2 Å². The average Bonchev–Trinajstić information content (AvgIpc) is 3.35. The maximum atomic E-state index is 12.7. The van der Waals surface area contributed by atoms with Crippen molar-refractivity contribution in [2.75, 3.05) is 29.6 Å². The van der Waals surface area contributed by atoms with E-state index in [1.54, 1.807) is 22.8 Å². The molecule has 0 spiro atoms. The number of anilines is 1. The summed E-state index contributed by atoms with van der Waals surface area (Å²) in [7, 11) is -4.01. The number of carbonyl (C=O) groups excluding carboxylic acids is 2. The van der Waals surface area contributed by atoms with Gasteiger partial charge in [-0.15, -0.1) is 6.42 Å². The van der Waals surface area contributed by atoms with Gasteiger partial charge < -0.3 is 14.2 Å². The number of benzene rings is 2. The van der Waals surface area contributed by atoms with Crippen LogP contribution in [0.2, 0.25) is 0 Å². The third kappa shape index (κ3) is 5.05. The number of rotatable bonds is 7. The van der Waals surface area contributed by atoms with Crippen LogP contribution < -0.4 is 14.4 Å². The standard InChI is InChI=1S/C24H23N3O5S2/c1-3-12-27-20-10-9-18(32-4-2)14-21(20)33-24(27)25-22(28)15-34(30,31)16-23(29)26-13-11-17-7-5-6-8-19(17)26/h1,5-10,14H,4,11-13,15-16H2,2H3. The quantitative estimate of drug-likeness (QED) is 0.466. The summed E-state index contributed by atoms with van der Waals surface area (Å²) in [6, 6.07) is 12.8. The first kappa shape index (κ1) is 23.7. The van der Waals surface area contributed by atoms with Crippen molar-refractivity contribution in [2.45, 2.75) is 19.9 Å². The van der Waals surface area contributed by atoms with Crippen molar-refractivity contribution in [1.82, 2.24) is 4.57 Å². The van der Waals surface area contributed by atoms with E-state index >= 15 is 0 Å². The van der Waals surface area contributed by atoms with Crippen LogP contribution in [-0.2, 0) is 32.4 Å². The van der Waals surface area contributed by atoms with Crippen LogP contribution in [0.1, 0.15) is 12.5 Å². The van der Waals surface area contributed by atoms with Gasteiger partial charge in [0.1, 0.15) is 17.3 Å². The van der Waals surface area contributed by atoms with Gasteiger partial charge in [-0.3, -0.25) is 9.59 Å². The Bertz CT molecular complexity index is 1480. The number of aromatic nitrogens is 1. The van der Waals surface area contributed by atoms with Crippen LogP contribution in [0.25, 0.3) is 10.2 Å². The third-order valence-electron chi connectivity index (χ3n) is 5.31. The van der Waals surface area contributed by atoms with Gasteiger partial charge in [0, 0.05) is 12.2 Å². The Morgan fingerprint density at radius 2 is 2.00 bits per heavy atom. The van der Waals surface area contributed by atoms with Gasteiger partial charge in [-0.2, -0.15) is 4.99 Å². The summed E-state index contributed by atoms with van der Waals surface area (Å²) in [4.78, 5) is 31.0. The van der Waals surface area contributed by atoms with E-state index < -0.39 is 33.2 Å². The third-order valence-corrected chi connectivity index (χ3v) is 7.72. The molecule has 34 heavy (non-hydrogen) atoms. The van der Waals surface area contributed by atoms with Gasteiger partial charge in [0.25, 0.3) is 5.91 Å². The van der Waals surface area contributed by atoms with Crippen LogP contribution >= 0.6 is 11.3 Å². The highest BCUT2D eigenvalue weighted by Gasteiger charge is 2.29. The number of amides is 2. The van der Waals surface area contributed by atoms with Crippen LogP contribution in [0.4, 0.5) is 5.69 Å². The van der Waals surface area contributed by atoms with Crippen molar-refractivity contribution >= 4 is 48.9 Å². The molecule has 0 radical (unpaired) electrons. The molecular formula is C24H23N3O5S2. The number of hydrogen-bond donors (Lipinski definition) is 0. The highest BCUT2D eigenvalue weighted by atomic mass is 32.2. The Labute approximate surface area is 201 Å². The molecule has 4 rings (SSSR count). The van der Waals surface area contributed by atoms with E-state index in [2.05, 4.69) is 10.9 Å². The molecule has 0 atom stereocenters. The minimum absolute atomic E-state index is 0.166. The summed E-state index contributed by atoms with van der Waals surface area (Å²) >= 11 is 1.21. The lowest BCUT2D eigenvalue weighted by molar-refractivity contribution is -0.116. The number of nitrogens with zero attached hydrogens (tertiary/aromatic N) is 3. The maximum Gasteiger partial charge on any atom is 0.263 e. The Balaban J connectivity index is 1.54. The molecule has 2 heterocycles. The number of carbonyl (C=O) groups is 2. The molecule has 1 aliphatic rings. The van der Waals surface area contributed by atoms with Gasteiger partial charge in [0.2, 0.25) is 5.91 Å². The lowest BCUT2D eigenvalue weighted by Crippen LogP contribution is -2.36. The van der Waals surface area contributed by atoms with E-state index in [0.717, 1.165) is 15.8 Å². The minimum Gasteiger partial charge on any atom is -0.494 e. The largest absolute Gasteiger partial charge is 0.494 e. The average molecular weight is 498 g/mol. The van der Waals surface area contributed by atoms with Crippen molar-refractivity contribution in [1.29, 1.82) is 0 Å². The van der Waals surface area contributed by atoms with Crippen LogP contribution in [0.3, 0.4) is 0 Å². The highest BCUT2D eigenvalue weighted by molar-refractivity contribution is 7.92. The molecule has 2 aromatic carbocycles. The molecule has 8 nitrogen and oxygen atoms in total. The van der Waals surface area contributed by atoms with Gasteiger partial charge in [-0.05, 0) is 43.2 Å². The molecule has 0 bridgehead atoms. The molecule has 0 aliphatic carbocycles. The van der Waals surface area contributed by atoms with Crippen molar-refractivity contribution in [2.24, 2.45) is 4.99 Å². The van der Waals surface area contributed by atoms with Gasteiger partial charge in [0.15, 0.2) is 14.6 Å². The number of sulfone groups is 1. The van der Waals surface area contributed by atoms with E-state index in [4.69, 9.17) is 11.2 Å². The maximum absolute atomic E-state index is 12.7. The lowest BCUT2D eigenvalue weighted by Gasteiger charge is -2.17. The lowest BCUT2D eigenvalue weighted by atomic mass is 10.2. The van der Waals surface area contributed by atoms with E-state index in [1.807, 2.05) is 31.2 Å². The molecule has 0 fully saturated rings. The molecule has 0 saturated heterocycles. The Morgan fingerprint density at radius 3 is 2.76 bits per heavy atom. The van der Waals surface area contributed by atoms with Gasteiger partial charge in [-0.25, -0.2) is 8.42 Å². The van der Waals surface area contributed by atoms with Crippen LogP contribution in [0.15, 0.2) is 47.5 Å². The second-order valence-electron chi connectivity index (χ2n) is 7.70. The zero-order chi connectivity index (χ0) is 24.3. The van der Waals surface area contributed by atoms with Crippen molar-refractivity contribution in [3.8, 4) is 18.1 Å². The number of hydrogen-bond acceptors (Lipinski definition) is 6. The Morgan fingerprint density at radius 1 is 1.21 bits per heavy atom. The first-order chi connectivity index (χ1) is 16.3. The second-order valence-corrected chi connectivity index (χ2v) is 10.8. The predicted octanol–water partition coefficient (Wildman–Crippen LogP) is 2.17. The summed E-state index contributed by atoms with van der Waals surface area (Å²) in [5.41, 5.74) is 2.48. The Hall–Kier alpha value is -3.42. The van der Waals surface area contributed by atoms with Crippen LogP contribution in [0, 0.1) is 12.3 Å². The Kier molecular flexibility index (Phi) is 6.86. The number of para-hydroxylation sites is 1. The van der Waals surface area contributed by atoms with Gasteiger partial charge in [-0.1, -0.05) is 35.5 Å². The SMILES string of the molecule is C#CCn1c(=NC(=O)CS(=O)(=O)CC(=O)N2CCc3ccccc32)sc2cc(OCC)ccc21. The predicted molar refractivity (Wildman–Crippen MR) is 132 cm³/mol. The molecule has 1 aliphatic heterocycles. The summed E-state index contributed by atoms with van der Waals surface area (Å²) in [6.45, 7) is 2.98. The smallest absolute Gasteiger partial charge is 0.263 e. The van der Waals surface area contributed by atoms with Crippen LogP contribution in [0.5, 0.6) is 5.75 Å². The molecule has 176 valence electrons. The van der Waals surface area contributed by atoms with E-state index in [0.29, 0.717) is 35.8 Å². The normalized spacial score (nSPS) is 13.6. The summed E-state index contributed by atoms with van der Waals surface area (Å²) in [6.07, 6.45) is 6.15. The topological polar surface area (TPSA) is 98.0 Å². The summed E-state index contributed by atoms with van der Waals surface area (Å²) in [5.74, 6) is 0.189. The molecular weight excluding hydrogens is 474 g/mol. The molecule has 1 aromatic heterocycles. The highest BCUT2D eigenvalue weighted by Crippen LogP contribution is 2.27. The molecule has 2 amide bonds. The first-order valence-corrected chi connectivity index (χ1v) is 13.3. The number of terminal acetylenes is 1. The first-order valence-electron chi connectivity index (χ1n) is 10.7. The molecule has 0 N–H and O–H groups in total. The van der Waals surface area contributed by atoms with Crippen molar-refractivity contribution in [3.63, 3.8) is 0 Å².